The van der Waals surface area contributed by atoms with Gasteiger partial charge in [0.1, 0.15) is 6.61 Å². The second-order valence-electron chi connectivity index (χ2n) is 3.36. The van der Waals surface area contributed by atoms with Gasteiger partial charge in [-0.3, -0.25) is 0 Å². The summed E-state index contributed by atoms with van der Waals surface area (Å²) in [6.45, 7) is 8.09. The first-order chi connectivity index (χ1) is 7.27. The van der Waals surface area contributed by atoms with Crippen molar-refractivity contribution in [2.45, 2.75) is 39.8 Å². The lowest BCUT2D eigenvalue weighted by atomic mass is 10.3. The Bertz CT molecular complexity index is 275. The van der Waals surface area contributed by atoms with E-state index in [9.17, 15) is 0 Å². The van der Waals surface area contributed by atoms with E-state index in [1.165, 1.54) is 0 Å². The van der Waals surface area contributed by atoms with Crippen molar-refractivity contribution in [1.82, 2.24) is 15.5 Å². The summed E-state index contributed by atoms with van der Waals surface area (Å²) >= 11 is 0. The van der Waals surface area contributed by atoms with Crippen LogP contribution in [0.15, 0.2) is 4.52 Å². The molecule has 1 rings (SSSR count). The summed E-state index contributed by atoms with van der Waals surface area (Å²) in [4.78, 5) is 4.24. The number of nitrogens with one attached hydrogen (secondary N) is 1. The van der Waals surface area contributed by atoms with Crippen molar-refractivity contribution in [2.75, 3.05) is 13.2 Å². The fraction of sp³-hybridized carbons (Fsp3) is 0.800. The zero-order valence-electron chi connectivity index (χ0n) is 9.62. The molecule has 1 N–H and O–H groups in total. The molecular weight excluding hydrogens is 194 g/mol. The number of ether oxygens (including phenoxy) is 1. The first-order valence-corrected chi connectivity index (χ1v) is 5.41. The minimum atomic E-state index is 0.104. The molecule has 5 nitrogen and oxygen atoms in total. The summed E-state index contributed by atoms with van der Waals surface area (Å²) in [5.74, 6) is 1.23. The molecule has 1 unspecified atom stereocenters. The quantitative estimate of drug-likeness (QED) is 0.746. The molecule has 5 heteroatoms. The van der Waals surface area contributed by atoms with Crippen molar-refractivity contribution in [3.63, 3.8) is 0 Å². The van der Waals surface area contributed by atoms with Crippen molar-refractivity contribution in [3.05, 3.63) is 11.7 Å². The molecule has 0 aliphatic carbocycles. The van der Waals surface area contributed by atoms with Gasteiger partial charge < -0.3 is 14.6 Å². The molecule has 0 bridgehead atoms. The maximum atomic E-state index is 5.19. The lowest BCUT2D eigenvalue weighted by molar-refractivity contribution is 0.126. The first-order valence-electron chi connectivity index (χ1n) is 5.41. The third-order valence-electron chi connectivity index (χ3n) is 1.99. The molecular formula is C10H19N3O2. The highest BCUT2D eigenvalue weighted by atomic mass is 16.5. The van der Waals surface area contributed by atoms with Crippen molar-refractivity contribution < 1.29 is 9.26 Å². The highest BCUT2D eigenvalue weighted by molar-refractivity contribution is 4.90. The minimum Gasteiger partial charge on any atom is -0.374 e. The molecule has 0 fully saturated rings. The monoisotopic (exact) mass is 213 g/mol. The second-order valence-corrected chi connectivity index (χ2v) is 3.36. The molecule has 0 aliphatic heterocycles. The van der Waals surface area contributed by atoms with Gasteiger partial charge in [-0.25, -0.2) is 0 Å². The van der Waals surface area contributed by atoms with Crippen LogP contribution in [0.2, 0.25) is 0 Å². The standard InChI is InChI=1S/C10H19N3O2/c1-4-6-11-8(3)10-12-9(13-15-10)7-14-5-2/h8,11H,4-7H2,1-3H3. The topological polar surface area (TPSA) is 60.2 Å². The van der Waals surface area contributed by atoms with Crippen LogP contribution in [-0.2, 0) is 11.3 Å². The van der Waals surface area contributed by atoms with E-state index in [0.29, 0.717) is 24.9 Å². The largest absolute Gasteiger partial charge is 0.374 e. The molecule has 0 aromatic carbocycles. The van der Waals surface area contributed by atoms with Crippen molar-refractivity contribution in [1.29, 1.82) is 0 Å². The molecule has 0 radical (unpaired) electrons. The summed E-state index contributed by atoms with van der Waals surface area (Å²) in [5.41, 5.74) is 0. The van der Waals surface area contributed by atoms with Gasteiger partial charge in [0.25, 0.3) is 0 Å². The third kappa shape index (κ3) is 3.97. The Morgan fingerprint density at radius 2 is 2.27 bits per heavy atom. The zero-order valence-corrected chi connectivity index (χ0v) is 9.62. The van der Waals surface area contributed by atoms with Crippen molar-refractivity contribution in [2.24, 2.45) is 0 Å². The van der Waals surface area contributed by atoms with Crippen LogP contribution in [0.4, 0.5) is 0 Å². The van der Waals surface area contributed by atoms with Crippen LogP contribution in [0.5, 0.6) is 0 Å². The van der Waals surface area contributed by atoms with Gasteiger partial charge in [-0.1, -0.05) is 12.1 Å². The van der Waals surface area contributed by atoms with E-state index in [1.54, 1.807) is 0 Å². The molecule has 1 aromatic rings. The predicted molar refractivity (Wildman–Crippen MR) is 56.3 cm³/mol. The van der Waals surface area contributed by atoms with Crippen LogP contribution in [0, 0.1) is 0 Å². The highest BCUT2D eigenvalue weighted by Crippen LogP contribution is 2.09. The van der Waals surface area contributed by atoms with Crippen LogP contribution < -0.4 is 5.32 Å². The van der Waals surface area contributed by atoms with Crippen molar-refractivity contribution >= 4 is 0 Å². The van der Waals surface area contributed by atoms with Gasteiger partial charge >= 0.3 is 0 Å². The Balaban J connectivity index is 2.43. The lowest BCUT2D eigenvalue weighted by Crippen LogP contribution is -2.19. The Labute approximate surface area is 90.2 Å². The van der Waals surface area contributed by atoms with Crippen LogP contribution >= 0.6 is 0 Å². The lowest BCUT2D eigenvalue weighted by Gasteiger charge is -2.06. The Hall–Kier alpha value is -0.940. The van der Waals surface area contributed by atoms with Gasteiger partial charge in [0.05, 0.1) is 6.04 Å². The molecule has 0 saturated carbocycles. The van der Waals surface area contributed by atoms with E-state index in [0.717, 1.165) is 13.0 Å². The zero-order chi connectivity index (χ0) is 11.1. The molecule has 0 amide bonds. The Morgan fingerprint density at radius 1 is 1.47 bits per heavy atom. The normalized spacial score (nSPS) is 13.0. The van der Waals surface area contributed by atoms with Crippen LogP contribution in [0.3, 0.4) is 0 Å². The summed E-state index contributed by atoms with van der Waals surface area (Å²) in [7, 11) is 0. The first kappa shape index (κ1) is 12.1. The fourth-order valence-electron chi connectivity index (χ4n) is 1.14. The predicted octanol–water partition coefficient (Wildman–Crippen LogP) is 1.67. The van der Waals surface area contributed by atoms with Gasteiger partial charge in [0.2, 0.25) is 5.89 Å². The maximum Gasteiger partial charge on any atom is 0.243 e. The fourth-order valence-corrected chi connectivity index (χ4v) is 1.14. The second kappa shape index (κ2) is 6.53. The van der Waals surface area contributed by atoms with E-state index in [1.807, 2.05) is 13.8 Å². The molecule has 1 heterocycles. The van der Waals surface area contributed by atoms with Crippen LogP contribution in [0.1, 0.15) is 44.9 Å². The molecule has 0 spiro atoms. The number of hydrogen-bond donors (Lipinski definition) is 1. The van der Waals surface area contributed by atoms with Gasteiger partial charge in [0.15, 0.2) is 5.82 Å². The van der Waals surface area contributed by atoms with Gasteiger partial charge in [-0.2, -0.15) is 4.98 Å². The summed E-state index contributed by atoms with van der Waals surface area (Å²) in [6, 6.07) is 0.104. The van der Waals surface area contributed by atoms with E-state index in [2.05, 4.69) is 22.4 Å². The smallest absolute Gasteiger partial charge is 0.243 e. The van der Waals surface area contributed by atoms with Crippen LogP contribution in [0.25, 0.3) is 0 Å². The number of aromatic nitrogens is 2. The summed E-state index contributed by atoms with van der Waals surface area (Å²) in [5, 5.41) is 7.11. The van der Waals surface area contributed by atoms with Crippen molar-refractivity contribution in [3.8, 4) is 0 Å². The SMILES string of the molecule is CCCNC(C)c1nc(COCC)no1. The molecule has 0 aliphatic rings. The average molecular weight is 213 g/mol. The summed E-state index contributed by atoms with van der Waals surface area (Å²) in [6.07, 6.45) is 1.09. The van der Waals surface area contributed by atoms with E-state index < -0.39 is 0 Å². The Morgan fingerprint density at radius 3 is 2.93 bits per heavy atom. The highest BCUT2D eigenvalue weighted by Gasteiger charge is 2.12. The van der Waals surface area contributed by atoms with E-state index in [4.69, 9.17) is 9.26 Å². The minimum absolute atomic E-state index is 0.104. The number of rotatable bonds is 7. The van der Waals surface area contributed by atoms with Gasteiger partial charge in [0, 0.05) is 6.61 Å². The number of hydrogen-bond acceptors (Lipinski definition) is 5. The van der Waals surface area contributed by atoms with Gasteiger partial charge in [-0.05, 0) is 26.8 Å². The third-order valence-corrected chi connectivity index (χ3v) is 1.99. The molecule has 15 heavy (non-hydrogen) atoms. The maximum absolute atomic E-state index is 5.19. The molecule has 1 aromatic heterocycles. The molecule has 0 saturated heterocycles. The Kier molecular flexibility index (Phi) is 5.28. The molecule has 86 valence electrons. The van der Waals surface area contributed by atoms with Crippen LogP contribution in [-0.4, -0.2) is 23.3 Å². The van der Waals surface area contributed by atoms with E-state index >= 15 is 0 Å². The van der Waals surface area contributed by atoms with E-state index in [-0.39, 0.29) is 6.04 Å². The molecule has 1 atom stereocenters. The summed E-state index contributed by atoms with van der Waals surface area (Å²) < 4.78 is 10.3. The number of nitrogens with zero attached hydrogens (tertiary/aromatic N) is 2. The average Bonchev–Trinajstić information content (AvgIpc) is 2.71. The van der Waals surface area contributed by atoms with Gasteiger partial charge in [-0.15, -0.1) is 0 Å².